The van der Waals surface area contributed by atoms with E-state index in [0.29, 0.717) is 22.1 Å². The van der Waals surface area contributed by atoms with Crippen LogP contribution in [0.15, 0.2) is 42.5 Å². The molecule has 2 amide bonds. The predicted molar refractivity (Wildman–Crippen MR) is 123 cm³/mol. The highest BCUT2D eigenvalue weighted by atomic mass is 35.5. The zero-order valence-corrected chi connectivity index (χ0v) is 19.2. The van der Waals surface area contributed by atoms with Gasteiger partial charge in [-0.1, -0.05) is 49.1 Å². The number of carbonyl (C=O) groups excluding carboxylic acids is 2. The maximum Gasteiger partial charge on any atom is 0.247 e. The summed E-state index contributed by atoms with van der Waals surface area (Å²) in [5.74, 6) is 0.510. The molecule has 8 heteroatoms. The van der Waals surface area contributed by atoms with Crippen molar-refractivity contribution in [2.45, 2.75) is 50.7 Å². The van der Waals surface area contributed by atoms with Crippen LogP contribution in [0, 0.1) is 0 Å². The number of amides is 2. The molecule has 0 saturated heterocycles. The van der Waals surface area contributed by atoms with Gasteiger partial charge in [-0.3, -0.25) is 9.59 Å². The van der Waals surface area contributed by atoms with Crippen LogP contribution in [0.3, 0.4) is 0 Å². The number of alkyl halides is 1. The molecule has 1 atom stereocenters. The van der Waals surface area contributed by atoms with E-state index in [1.165, 1.54) is 11.3 Å². The Bertz CT molecular complexity index is 961. The Labute approximate surface area is 197 Å². The van der Waals surface area contributed by atoms with Crippen molar-refractivity contribution in [2.75, 3.05) is 12.7 Å². The SMILES string of the molecule is O=C(NC1CCCCC1)[C@@H](c1ccc(Cl)cc1)N(Cc1ccc2c(c1)OCO2)C(=O)CCl. The van der Waals surface area contributed by atoms with Gasteiger partial charge in [0.1, 0.15) is 11.9 Å². The fraction of sp³-hybridized carbons (Fsp3) is 0.417. The summed E-state index contributed by atoms with van der Waals surface area (Å²) in [7, 11) is 0. The van der Waals surface area contributed by atoms with Gasteiger partial charge >= 0.3 is 0 Å². The first-order chi connectivity index (χ1) is 15.5. The van der Waals surface area contributed by atoms with Crippen LogP contribution >= 0.6 is 23.2 Å². The fourth-order valence-electron chi connectivity index (χ4n) is 4.28. The highest BCUT2D eigenvalue weighted by Crippen LogP contribution is 2.34. The molecule has 32 heavy (non-hydrogen) atoms. The van der Waals surface area contributed by atoms with E-state index in [0.717, 1.165) is 31.2 Å². The maximum atomic E-state index is 13.5. The molecule has 0 bridgehead atoms. The molecule has 1 aliphatic carbocycles. The van der Waals surface area contributed by atoms with E-state index >= 15 is 0 Å². The number of fused-ring (bicyclic) bond motifs is 1. The van der Waals surface area contributed by atoms with Gasteiger partial charge in [0, 0.05) is 17.6 Å². The van der Waals surface area contributed by atoms with Crippen LogP contribution in [-0.2, 0) is 16.1 Å². The van der Waals surface area contributed by atoms with Crippen LogP contribution in [0.25, 0.3) is 0 Å². The van der Waals surface area contributed by atoms with Crippen LogP contribution in [0.4, 0.5) is 0 Å². The molecule has 2 aromatic carbocycles. The topological polar surface area (TPSA) is 67.9 Å². The highest BCUT2D eigenvalue weighted by molar-refractivity contribution is 6.30. The molecule has 2 aliphatic rings. The zero-order valence-electron chi connectivity index (χ0n) is 17.7. The quantitative estimate of drug-likeness (QED) is 0.581. The molecule has 1 saturated carbocycles. The van der Waals surface area contributed by atoms with E-state index in [2.05, 4.69) is 5.32 Å². The van der Waals surface area contributed by atoms with Gasteiger partial charge in [-0.15, -0.1) is 11.6 Å². The summed E-state index contributed by atoms with van der Waals surface area (Å²) in [5.41, 5.74) is 1.50. The Kier molecular flexibility index (Phi) is 7.43. The molecule has 1 heterocycles. The molecule has 1 fully saturated rings. The van der Waals surface area contributed by atoms with E-state index in [-0.39, 0.29) is 37.1 Å². The first-order valence-corrected chi connectivity index (χ1v) is 11.8. The fourth-order valence-corrected chi connectivity index (χ4v) is 4.56. The minimum absolute atomic E-state index is 0.115. The molecular formula is C24H26Cl2N2O4. The molecule has 2 aromatic rings. The molecule has 0 unspecified atom stereocenters. The number of nitrogens with zero attached hydrogens (tertiary/aromatic N) is 1. The summed E-state index contributed by atoms with van der Waals surface area (Å²) in [6.07, 6.45) is 5.28. The summed E-state index contributed by atoms with van der Waals surface area (Å²) < 4.78 is 10.8. The van der Waals surface area contributed by atoms with E-state index < -0.39 is 6.04 Å². The third-order valence-corrected chi connectivity index (χ3v) is 6.40. The van der Waals surface area contributed by atoms with Gasteiger partial charge in [0.05, 0.1) is 0 Å². The monoisotopic (exact) mass is 476 g/mol. The van der Waals surface area contributed by atoms with Crippen molar-refractivity contribution in [3.05, 3.63) is 58.6 Å². The Balaban J connectivity index is 1.64. The molecule has 6 nitrogen and oxygen atoms in total. The largest absolute Gasteiger partial charge is 0.454 e. The summed E-state index contributed by atoms with van der Waals surface area (Å²) in [6, 6.07) is 11.8. The Hall–Kier alpha value is -2.44. The number of rotatable bonds is 7. The third kappa shape index (κ3) is 5.30. The summed E-state index contributed by atoms with van der Waals surface area (Å²) >= 11 is 12.0. The van der Waals surface area contributed by atoms with E-state index in [9.17, 15) is 9.59 Å². The number of hydrogen-bond acceptors (Lipinski definition) is 4. The second kappa shape index (κ2) is 10.5. The van der Waals surface area contributed by atoms with Crippen molar-refractivity contribution in [1.29, 1.82) is 0 Å². The van der Waals surface area contributed by atoms with Crippen molar-refractivity contribution in [3.63, 3.8) is 0 Å². The number of ether oxygens (including phenoxy) is 2. The van der Waals surface area contributed by atoms with Gasteiger partial charge in [0.25, 0.3) is 0 Å². The summed E-state index contributed by atoms with van der Waals surface area (Å²) in [5, 5.41) is 3.73. The Morgan fingerprint density at radius 1 is 1.03 bits per heavy atom. The molecule has 0 radical (unpaired) electrons. The molecule has 4 rings (SSSR count). The number of carbonyl (C=O) groups is 2. The number of halogens is 2. The van der Waals surface area contributed by atoms with Crippen molar-refractivity contribution in [1.82, 2.24) is 10.2 Å². The molecular weight excluding hydrogens is 451 g/mol. The van der Waals surface area contributed by atoms with Gasteiger partial charge < -0.3 is 19.7 Å². The molecule has 0 aromatic heterocycles. The van der Waals surface area contributed by atoms with Crippen molar-refractivity contribution in [3.8, 4) is 11.5 Å². The van der Waals surface area contributed by atoms with Gasteiger partial charge in [-0.25, -0.2) is 0 Å². The zero-order chi connectivity index (χ0) is 22.5. The predicted octanol–water partition coefficient (Wildman–Crippen LogP) is 4.83. The second-order valence-corrected chi connectivity index (χ2v) is 8.84. The van der Waals surface area contributed by atoms with Crippen molar-refractivity contribution < 1.29 is 19.1 Å². The average Bonchev–Trinajstić information content (AvgIpc) is 3.28. The third-order valence-electron chi connectivity index (χ3n) is 5.92. The van der Waals surface area contributed by atoms with Crippen molar-refractivity contribution >= 4 is 35.0 Å². The van der Waals surface area contributed by atoms with Gasteiger partial charge in [0.2, 0.25) is 18.6 Å². The second-order valence-electron chi connectivity index (χ2n) is 8.14. The summed E-state index contributed by atoms with van der Waals surface area (Å²) in [6.45, 7) is 0.369. The van der Waals surface area contributed by atoms with E-state index in [4.69, 9.17) is 32.7 Å². The lowest BCUT2D eigenvalue weighted by Crippen LogP contribution is -2.47. The lowest BCUT2D eigenvalue weighted by atomic mass is 9.94. The standard InChI is InChI=1S/C24H26Cl2N2O4/c25-13-22(29)28(14-16-6-11-20-21(12-16)32-15-31-20)23(17-7-9-18(26)10-8-17)24(30)27-19-4-2-1-3-5-19/h6-12,19,23H,1-5,13-15H2,(H,27,30)/t23-/m1/s1. The average molecular weight is 477 g/mol. The first kappa shape index (κ1) is 22.7. The van der Waals surface area contributed by atoms with Gasteiger partial charge in [0.15, 0.2) is 11.5 Å². The van der Waals surface area contributed by atoms with Crippen LogP contribution < -0.4 is 14.8 Å². The Morgan fingerprint density at radius 2 is 1.75 bits per heavy atom. The van der Waals surface area contributed by atoms with Crippen LogP contribution in [0.5, 0.6) is 11.5 Å². The van der Waals surface area contributed by atoms with E-state index in [1.54, 1.807) is 30.3 Å². The van der Waals surface area contributed by atoms with Gasteiger partial charge in [-0.05, 0) is 48.2 Å². The summed E-state index contributed by atoms with van der Waals surface area (Å²) in [4.78, 5) is 28.0. The van der Waals surface area contributed by atoms with Gasteiger partial charge in [-0.2, -0.15) is 0 Å². The first-order valence-electron chi connectivity index (χ1n) is 10.8. The lowest BCUT2D eigenvalue weighted by Gasteiger charge is -2.33. The van der Waals surface area contributed by atoms with Crippen molar-refractivity contribution in [2.24, 2.45) is 0 Å². The number of benzene rings is 2. The number of hydrogen-bond donors (Lipinski definition) is 1. The molecule has 1 N–H and O–H groups in total. The van der Waals surface area contributed by atoms with Crippen LogP contribution in [0.2, 0.25) is 5.02 Å². The minimum Gasteiger partial charge on any atom is -0.454 e. The van der Waals surface area contributed by atoms with Crippen LogP contribution in [-0.4, -0.2) is 35.4 Å². The highest BCUT2D eigenvalue weighted by Gasteiger charge is 2.33. The van der Waals surface area contributed by atoms with Crippen LogP contribution in [0.1, 0.15) is 49.3 Å². The molecule has 1 aliphatic heterocycles. The normalized spacial score (nSPS) is 16.4. The minimum atomic E-state index is -0.828. The smallest absolute Gasteiger partial charge is 0.247 e. The lowest BCUT2D eigenvalue weighted by molar-refractivity contribution is -0.140. The maximum absolute atomic E-state index is 13.5. The molecule has 170 valence electrons. The molecule has 0 spiro atoms. The Morgan fingerprint density at radius 3 is 2.47 bits per heavy atom. The number of nitrogens with one attached hydrogen (secondary N) is 1. The van der Waals surface area contributed by atoms with E-state index in [1.807, 2.05) is 12.1 Å².